The van der Waals surface area contributed by atoms with E-state index in [4.69, 9.17) is 21.3 Å². The van der Waals surface area contributed by atoms with Gasteiger partial charge in [-0.05, 0) is 90.0 Å². The Morgan fingerprint density at radius 3 is 2.47 bits per heavy atom. The SMILES string of the molecule is CC1=CC2CC1C1C(=O)N(c3ccc(-c4cc(C(=O)OCC(=O)c5ccccc5O)c5cc(Br)c(Cl)c(C)c5n4)cc3)C(=O)C21. The first-order valence-electron chi connectivity index (χ1n) is 14.5. The molecule has 2 heterocycles. The molecule has 3 aliphatic rings. The van der Waals surface area contributed by atoms with Crippen molar-refractivity contribution in [3.8, 4) is 17.0 Å². The van der Waals surface area contributed by atoms with Crippen LogP contribution in [0.5, 0.6) is 5.75 Å². The molecule has 1 saturated heterocycles. The summed E-state index contributed by atoms with van der Waals surface area (Å²) < 4.78 is 5.99. The second-order valence-corrected chi connectivity index (χ2v) is 13.0. The van der Waals surface area contributed by atoms with E-state index in [1.165, 1.54) is 22.6 Å². The van der Waals surface area contributed by atoms with Crippen LogP contribution < -0.4 is 4.90 Å². The van der Waals surface area contributed by atoms with Gasteiger partial charge in [-0.1, -0.05) is 47.5 Å². The highest BCUT2D eigenvalue weighted by Crippen LogP contribution is 2.56. The quantitative estimate of drug-likeness (QED) is 0.1000. The topological polar surface area (TPSA) is 114 Å². The number of fused-ring (bicyclic) bond motifs is 6. The van der Waals surface area contributed by atoms with Crippen molar-refractivity contribution in [1.82, 2.24) is 4.98 Å². The fourth-order valence-corrected chi connectivity index (χ4v) is 7.75. The number of aromatic nitrogens is 1. The molecule has 2 fully saturated rings. The number of amides is 2. The molecular weight excluding hydrogens is 660 g/mol. The lowest BCUT2D eigenvalue weighted by atomic mass is 9.82. The Hall–Kier alpha value is -4.34. The fraction of sp³-hybridized carbons (Fsp3) is 0.229. The summed E-state index contributed by atoms with van der Waals surface area (Å²) in [7, 11) is 0. The number of hydrogen-bond donors (Lipinski definition) is 1. The molecule has 8 nitrogen and oxygen atoms in total. The van der Waals surface area contributed by atoms with E-state index in [1.807, 2.05) is 6.92 Å². The Morgan fingerprint density at radius 1 is 1.02 bits per heavy atom. The van der Waals surface area contributed by atoms with E-state index in [1.54, 1.807) is 55.5 Å². The molecule has 2 amide bonds. The number of rotatable bonds is 6. The molecule has 1 aromatic heterocycles. The summed E-state index contributed by atoms with van der Waals surface area (Å²) >= 11 is 9.96. The van der Waals surface area contributed by atoms with Gasteiger partial charge in [-0.15, -0.1) is 0 Å². The lowest BCUT2D eigenvalue weighted by Crippen LogP contribution is -2.32. The summed E-state index contributed by atoms with van der Waals surface area (Å²) in [5.41, 5.74) is 4.08. The van der Waals surface area contributed by atoms with Crippen molar-refractivity contribution >= 4 is 67.7 Å². The average Bonchev–Trinajstić information content (AvgIpc) is 3.68. The number of para-hydroxylation sites is 1. The molecule has 3 aromatic carbocycles. The molecule has 0 radical (unpaired) electrons. The number of imide groups is 1. The number of phenols is 1. The van der Waals surface area contributed by atoms with Gasteiger partial charge in [0.1, 0.15) is 5.75 Å². The number of ketones is 1. The Kier molecular flexibility index (Phi) is 7.13. The summed E-state index contributed by atoms with van der Waals surface area (Å²) in [5, 5.41) is 10.9. The van der Waals surface area contributed by atoms with Gasteiger partial charge in [-0.2, -0.15) is 0 Å². The Bertz CT molecular complexity index is 2010. The summed E-state index contributed by atoms with van der Waals surface area (Å²) in [5.74, 6) is -2.17. The van der Waals surface area contributed by atoms with E-state index in [2.05, 4.69) is 22.0 Å². The van der Waals surface area contributed by atoms with E-state index in [0.717, 1.165) is 6.42 Å². The average molecular weight is 686 g/mol. The Morgan fingerprint density at radius 2 is 1.73 bits per heavy atom. The van der Waals surface area contributed by atoms with Gasteiger partial charge in [0.25, 0.3) is 0 Å². The van der Waals surface area contributed by atoms with Crippen molar-refractivity contribution < 1.29 is 29.0 Å². The lowest BCUT2D eigenvalue weighted by Gasteiger charge is -2.19. The number of aryl methyl sites for hydroxylation is 1. The van der Waals surface area contributed by atoms with Crippen LogP contribution in [0.15, 0.2) is 76.8 Å². The van der Waals surface area contributed by atoms with Crippen molar-refractivity contribution in [3.05, 3.63) is 98.5 Å². The van der Waals surface area contributed by atoms with E-state index in [0.29, 0.717) is 42.9 Å². The van der Waals surface area contributed by atoms with Crippen LogP contribution in [0.1, 0.15) is 39.6 Å². The largest absolute Gasteiger partial charge is 0.507 e. The highest BCUT2D eigenvalue weighted by Gasteiger charge is 2.60. The van der Waals surface area contributed by atoms with E-state index in [9.17, 15) is 24.3 Å². The van der Waals surface area contributed by atoms with Crippen LogP contribution in [0.3, 0.4) is 0 Å². The minimum Gasteiger partial charge on any atom is -0.507 e. The van der Waals surface area contributed by atoms with Gasteiger partial charge in [-0.3, -0.25) is 19.3 Å². The maximum atomic E-state index is 13.4. The first kappa shape index (κ1) is 29.4. The first-order chi connectivity index (χ1) is 21.5. The number of carbonyl (C=O) groups excluding carboxylic acids is 4. The monoisotopic (exact) mass is 684 g/mol. The summed E-state index contributed by atoms with van der Waals surface area (Å²) in [6.45, 7) is 3.25. The van der Waals surface area contributed by atoms with Crippen LogP contribution >= 0.6 is 27.5 Å². The van der Waals surface area contributed by atoms with Gasteiger partial charge < -0.3 is 9.84 Å². The smallest absolute Gasteiger partial charge is 0.339 e. The second kappa shape index (κ2) is 10.9. The molecule has 4 unspecified atom stereocenters. The standard InChI is InChI=1S/C35H26BrClN2O6/c1-16-11-19-12-22(16)30-29(19)33(42)39(34(30)43)20-9-7-18(8-10-20)26-14-24(23-13-25(36)31(37)17(2)32(23)38-26)35(44)45-15-28(41)21-5-3-4-6-27(21)40/h3-11,13-14,19,22,29-30,40H,12,15H2,1-2H3. The number of hydrogen-bond acceptors (Lipinski definition) is 7. The number of aromatic hydroxyl groups is 1. The number of benzene rings is 3. The molecule has 4 aromatic rings. The second-order valence-electron chi connectivity index (χ2n) is 11.8. The number of halogens is 2. The van der Waals surface area contributed by atoms with Crippen LogP contribution in [-0.4, -0.2) is 40.3 Å². The van der Waals surface area contributed by atoms with Crippen molar-refractivity contribution in [2.24, 2.45) is 23.7 Å². The number of anilines is 1. The van der Waals surface area contributed by atoms with Crippen molar-refractivity contribution in [2.75, 3.05) is 11.5 Å². The zero-order valence-electron chi connectivity index (χ0n) is 24.2. The third kappa shape index (κ3) is 4.68. The normalized spacial score (nSPS) is 21.8. The van der Waals surface area contributed by atoms with Gasteiger partial charge in [0.2, 0.25) is 17.6 Å². The van der Waals surface area contributed by atoms with Crippen molar-refractivity contribution in [1.29, 1.82) is 0 Å². The van der Waals surface area contributed by atoms with Gasteiger partial charge in [0.15, 0.2) is 6.61 Å². The van der Waals surface area contributed by atoms with Crippen LogP contribution in [0.2, 0.25) is 5.02 Å². The third-order valence-electron chi connectivity index (χ3n) is 9.28. The molecule has 1 saturated carbocycles. The number of ether oxygens (including phenoxy) is 1. The third-order valence-corrected chi connectivity index (χ3v) is 10.6. The maximum Gasteiger partial charge on any atom is 0.339 e. The van der Waals surface area contributed by atoms with Crippen LogP contribution in [0.4, 0.5) is 5.69 Å². The molecule has 1 aliphatic heterocycles. The zero-order valence-corrected chi connectivity index (χ0v) is 26.6. The summed E-state index contributed by atoms with van der Waals surface area (Å²) in [4.78, 5) is 59.1. The van der Waals surface area contributed by atoms with Crippen molar-refractivity contribution in [2.45, 2.75) is 20.3 Å². The van der Waals surface area contributed by atoms with E-state index in [-0.39, 0.29) is 52.4 Å². The minimum atomic E-state index is -0.754. The number of pyridine rings is 1. The van der Waals surface area contributed by atoms with Gasteiger partial charge in [0.05, 0.1) is 44.9 Å². The van der Waals surface area contributed by atoms with Gasteiger partial charge in [-0.25, -0.2) is 9.78 Å². The summed E-state index contributed by atoms with van der Waals surface area (Å²) in [6.07, 6.45) is 3.01. The van der Waals surface area contributed by atoms with Crippen LogP contribution in [0.25, 0.3) is 22.2 Å². The van der Waals surface area contributed by atoms with Crippen LogP contribution in [-0.2, 0) is 14.3 Å². The predicted octanol–water partition coefficient (Wildman–Crippen LogP) is 7.07. The molecule has 0 spiro atoms. The first-order valence-corrected chi connectivity index (χ1v) is 15.7. The van der Waals surface area contributed by atoms with E-state index >= 15 is 0 Å². The molecule has 10 heteroatoms. The maximum absolute atomic E-state index is 13.4. The summed E-state index contributed by atoms with van der Waals surface area (Å²) in [6, 6.07) is 16.2. The predicted molar refractivity (Wildman–Crippen MR) is 172 cm³/mol. The van der Waals surface area contributed by atoms with Gasteiger partial charge in [0, 0.05) is 15.4 Å². The number of allylic oxidation sites excluding steroid dienone is 2. The number of carbonyl (C=O) groups is 4. The zero-order chi connectivity index (χ0) is 31.7. The molecule has 7 rings (SSSR count). The molecule has 2 aliphatic carbocycles. The molecule has 45 heavy (non-hydrogen) atoms. The molecule has 226 valence electrons. The highest BCUT2D eigenvalue weighted by atomic mass is 79.9. The minimum absolute atomic E-state index is 0.0497. The molecule has 2 bridgehead atoms. The highest BCUT2D eigenvalue weighted by molar-refractivity contribution is 9.10. The van der Waals surface area contributed by atoms with Crippen molar-refractivity contribution in [3.63, 3.8) is 0 Å². The lowest BCUT2D eigenvalue weighted by molar-refractivity contribution is -0.123. The molecular formula is C35H26BrClN2O6. The fourth-order valence-electron chi connectivity index (χ4n) is 7.08. The Balaban J connectivity index is 1.21. The molecule has 4 atom stereocenters. The van der Waals surface area contributed by atoms with E-state index < -0.39 is 18.4 Å². The van der Waals surface area contributed by atoms with Crippen LogP contribution in [0, 0.1) is 30.6 Å². The Labute approximate surface area is 271 Å². The number of phenolic OH excluding ortho intramolecular Hbond substituents is 1. The number of nitrogens with zero attached hydrogens (tertiary/aromatic N) is 2. The number of Topliss-reactive ketones (excluding diaryl/α,β-unsaturated/α-hetero) is 1. The van der Waals surface area contributed by atoms with Gasteiger partial charge >= 0.3 is 5.97 Å². The molecule has 1 N–H and O–H groups in total. The number of esters is 1.